The minimum absolute atomic E-state index is 0. The first-order chi connectivity index (χ1) is 56.7. The summed E-state index contributed by atoms with van der Waals surface area (Å²) in [6, 6.07) is 31.2. The van der Waals surface area contributed by atoms with E-state index in [4.69, 9.17) is 36.1 Å². The highest BCUT2D eigenvalue weighted by atomic mass is 35.5. The van der Waals surface area contributed by atoms with Gasteiger partial charge in [-0.2, -0.15) is 0 Å². The summed E-state index contributed by atoms with van der Waals surface area (Å²) < 4.78 is 16.0. The maximum atomic E-state index is 14.2. The number of carboxylic acid groups (broad SMARTS) is 1. The zero-order valence-corrected chi connectivity index (χ0v) is 71.3. The Bertz CT molecular complexity index is 4400. The number of aromatic nitrogens is 6. The van der Waals surface area contributed by atoms with Crippen LogP contribution in [0.2, 0.25) is 5.15 Å². The third-order valence-corrected chi connectivity index (χ3v) is 28.7. The van der Waals surface area contributed by atoms with Gasteiger partial charge in [-0.05, 0) is 192 Å². The summed E-state index contributed by atoms with van der Waals surface area (Å²) in [5.74, 6) is -0.172. The van der Waals surface area contributed by atoms with Crippen molar-refractivity contribution in [1.82, 2.24) is 64.6 Å². The molecule has 119 heavy (non-hydrogen) atoms. The summed E-state index contributed by atoms with van der Waals surface area (Å²) in [6.45, 7) is 9.71. The molecule has 3 saturated carbocycles. The highest BCUT2D eigenvalue weighted by Crippen LogP contribution is 2.48. The van der Waals surface area contributed by atoms with Gasteiger partial charge in [0.15, 0.2) is 16.8 Å². The van der Waals surface area contributed by atoms with Crippen LogP contribution in [0, 0.1) is 0 Å². The highest BCUT2D eigenvalue weighted by molar-refractivity contribution is 6.29. The molecule has 12 heterocycles. The molecule has 18 rings (SSSR count). The molecule has 0 spiro atoms. The predicted molar refractivity (Wildman–Crippen MR) is 480 cm³/mol. The lowest BCUT2D eigenvalue weighted by molar-refractivity contribution is -0.143. The molecule has 12 atom stereocenters. The average Bonchev–Trinajstić information content (AvgIpc) is 1.68. The normalized spacial score (nSPS) is 27.8. The van der Waals surface area contributed by atoms with E-state index in [2.05, 4.69) is 72.0 Å². The van der Waals surface area contributed by atoms with Crippen molar-refractivity contribution < 1.29 is 29.0 Å². The maximum Gasteiger partial charge on any atom is 0.319 e. The molecule has 12 aliphatic rings. The Kier molecular flexibility index (Phi) is 34.0. The predicted octanol–water partition coefficient (Wildman–Crippen LogP) is 14.9. The Labute approximate surface area is 717 Å². The molecule has 0 amide bonds. The van der Waals surface area contributed by atoms with Crippen molar-refractivity contribution in [3.8, 4) is 0 Å². The molecule has 9 aliphatic heterocycles. The minimum Gasteiger partial charge on any atom is -0.480 e. The lowest BCUT2D eigenvalue weighted by Crippen LogP contribution is -2.50. The molecule has 6 bridgehead atoms. The van der Waals surface area contributed by atoms with Crippen LogP contribution in [0.15, 0.2) is 87.2 Å². The number of fused-ring (bicyclic) bond motifs is 9. The van der Waals surface area contributed by atoms with Gasteiger partial charge in [0.25, 0.3) is 16.7 Å². The molecular weight excluding hydrogens is 1540 g/mol. The van der Waals surface area contributed by atoms with E-state index in [-0.39, 0.29) is 104 Å². The number of hydrogen-bond donors (Lipinski definition) is 5. The number of piperidine rings is 3. The molecule has 3 aromatic carbocycles. The molecule has 5 N–H and O–H groups in total. The summed E-state index contributed by atoms with van der Waals surface area (Å²) in [6.07, 6.45) is 45.6. The van der Waals surface area contributed by atoms with Crippen LogP contribution in [0.1, 0.15) is 278 Å². The first-order valence-corrected chi connectivity index (χ1v) is 46.1. The second-order valence-electron chi connectivity index (χ2n) is 35.8. The number of esters is 2. The Hall–Kier alpha value is -6.61. The Morgan fingerprint density at radius 2 is 0.731 bits per heavy atom. The molecular formula is C93H141Cl2N15O9. The van der Waals surface area contributed by atoms with Gasteiger partial charge >= 0.3 is 17.9 Å². The third-order valence-electron chi connectivity index (χ3n) is 28.4. The van der Waals surface area contributed by atoms with Crippen LogP contribution in [-0.4, -0.2) is 211 Å². The molecule has 0 radical (unpaired) electrons. The van der Waals surface area contributed by atoms with Gasteiger partial charge in [-0.1, -0.05) is 159 Å². The standard InChI is InChI=1S/C31H45N5O3.C29H41N5O3.C23H30ClN3O.C8H16N2O2.2CH4.ClH/c1-2-39-29(37)20-32-22-16-17-34(21-22)30-31(38)36(28-13-9-8-12-27(28)33-30)26-18-24-14-15-25(19-26)35(24)23-10-6-4-3-5-7-11-23;35-27(36)18-30-20-14-15-32(19-20)28-29(37)34(26-11-7-6-10-25(26)31-28)24-16-22-12-13-23(17-24)33(22)21-8-4-2-1-3-5-9-21;24-22-23(28)27(21-11-7-6-10-20(21)25-22)19-14-17-12-13-18(15-19)26(17)16-8-4-2-1-3-5-9-16;1-2-12-8(11)6-10-7-3-4-9-5-7;;;/h8-9,12-13,22-26,32H,2-7,10-11,14-21H2,1H3;6-7,10-11,20-24,30H,1-5,8-9,12-19H2,(H,35,36);6-7,10-11,16-19H,1-5,8-9,12-15H2;7,9-10H,2-6H2,1H3;2*1H4;1H/t22-,24-,25+,26?;20-,22-,23+,24?;17-,18+,19?;7-;;;/m00.0.../s1. The van der Waals surface area contributed by atoms with E-state index >= 15 is 0 Å². The molecule has 3 aromatic heterocycles. The second-order valence-corrected chi connectivity index (χ2v) is 36.2. The van der Waals surface area contributed by atoms with Crippen molar-refractivity contribution in [3.63, 3.8) is 0 Å². The fourth-order valence-electron chi connectivity index (χ4n) is 23.3. The van der Waals surface area contributed by atoms with Crippen LogP contribution >= 0.6 is 24.0 Å². The number of nitrogens with one attached hydrogen (secondary N) is 4. The van der Waals surface area contributed by atoms with Gasteiger partial charge in [-0.15, -0.1) is 12.4 Å². The molecule has 6 aromatic rings. The van der Waals surface area contributed by atoms with Gasteiger partial charge in [0.1, 0.15) is 0 Å². The van der Waals surface area contributed by atoms with Gasteiger partial charge in [0, 0.05) is 123 Å². The molecule has 9 saturated heterocycles. The van der Waals surface area contributed by atoms with Gasteiger partial charge in [-0.3, -0.25) is 43.5 Å². The Morgan fingerprint density at radius 3 is 1.07 bits per heavy atom. The van der Waals surface area contributed by atoms with Crippen molar-refractivity contribution >= 4 is 86.7 Å². The lowest BCUT2D eigenvalue weighted by atomic mass is 9.89. The van der Waals surface area contributed by atoms with Gasteiger partial charge in [-0.25, -0.2) is 15.0 Å². The number of aliphatic carboxylic acids is 1. The molecule has 3 aliphatic carbocycles. The summed E-state index contributed by atoms with van der Waals surface area (Å²) in [7, 11) is 0. The Morgan fingerprint density at radius 1 is 0.412 bits per heavy atom. The van der Waals surface area contributed by atoms with Crippen molar-refractivity contribution in [2.75, 3.05) is 81.9 Å². The van der Waals surface area contributed by atoms with Crippen molar-refractivity contribution in [2.45, 2.75) is 350 Å². The van der Waals surface area contributed by atoms with Crippen LogP contribution in [0.25, 0.3) is 33.1 Å². The van der Waals surface area contributed by atoms with E-state index in [1.165, 1.54) is 173 Å². The highest BCUT2D eigenvalue weighted by Gasteiger charge is 2.49. The Balaban J connectivity index is 0.000000153. The van der Waals surface area contributed by atoms with E-state index in [9.17, 15) is 28.8 Å². The molecule has 24 nitrogen and oxygen atoms in total. The summed E-state index contributed by atoms with van der Waals surface area (Å²) in [5, 5.41) is 21.9. The number of anilines is 2. The SMILES string of the molecule is C.C.CCOC(=O)CN[C@H]1CCN(c2nc3ccccc3n(C3C[C@H]4CC[C@@H](C3)N4C3CCCCCCC3)c2=O)C1.CCOC(=O)CN[C@H]1CCNC1.Cl.O=C(O)CN[C@H]1CCN(c2nc3ccccc3n(C3C[C@H]4CC[C@@H](C3)N4C3CCCCCCC3)c2=O)C1.O=c1c(Cl)nc2ccccc2n1C1C[C@H]2CC[C@@H](C1)N2C1CCCCCCC1. The summed E-state index contributed by atoms with van der Waals surface area (Å²) >= 11 is 6.23. The van der Waals surface area contributed by atoms with Crippen molar-refractivity contribution in [1.29, 1.82) is 0 Å². The number of hydrogen-bond acceptors (Lipinski definition) is 20. The first-order valence-electron chi connectivity index (χ1n) is 45.7. The largest absolute Gasteiger partial charge is 0.480 e. The fourth-order valence-corrected chi connectivity index (χ4v) is 23.4. The topological polar surface area (TPSA) is 259 Å². The molecule has 656 valence electrons. The van der Waals surface area contributed by atoms with E-state index in [0.29, 0.717) is 93.3 Å². The van der Waals surface area contributed by atoms with Crippen LogP contribution in [0.5, 0.6) is 0 Å². The lowest BCUT2D eigenvalue weighted by Gasteiger charge is -2.45. The van der Waals surface area contributed by atoms with Crippen LogP contribution in [-0.2, 0) is 23.9 Å². The number of ether oxygens (including phenoxy) is 2. The summed E-state index contributed by atoms with van der Waals surface area (Å²) in [5.41, 5.74) is 5.36. The average molecular weight is 1680 g/mol. The van der Waals surface area contributed by atoms with Crippen LogP contribution in [0.4, 0.5) is 11.6 Å². The number of nitrogens with zero attached hydrogens (tertiary/aromatic N) is 11. The number of benzene rings is 3. The summed E-state index contributed by atoms with van der Waals surface area (Å²) in [4.78, 5) is 102. The van der Waals surface area contributed by atoms with E-state index in [0.717, 1.165) is 129 Å². The number of carbonyl (C=O) groups is 3. The number of rotatable bonds is 19. The quantitative estimate of drug-likeness (QED) is 0.0472. The van der Waals surface area contributed by atoms with Crippen LogP contribution < -0.4 is 47.7 Å². The zero-order chi connectivity index (χ0) is 80.0. The minimum atomic E-state index is -0.856. The second kappa shape index (κ2) is 44.1. The number of para-hydroxylation sites is 6. The number of carboxylic acids is 1. The zero-order valence-electron chi connectivity index (χ0n) is 69.7. The smallest absolute Gasteiger partial charge is 0.319 e. The molecule has 12 fully saturated rings. The monoisotopic (exact) mass is 1680 g/mol. The molecule has 26 heteroatoms. The van der Waals surface area contributed by atoms with Gasteiger partial charge < -0.3 is 59.3 Å². The number of carbonyl (C=O) groups excluding carboxylic acids is 2. The van der Waals surface area contributed by atoms with E-state index in [1.54, 1.807) is 0 Å². The van der Waals surface area contributed by atoms with E-state index < -0.39 is 5.97 Å². The van der Waals surface area contributed by atoms with Gasteiger partial charge in [0.2, 0.25) is 0 Å². The fraction of sp³-hybridized carbons (Fsp3) is 0.710. The molecule has 3 unspecified atom stereocenters. The van der Waals surface area contributed by atoms with Gasteiger partial charge in [0.05, 0.1) is 65.9 Å². The first kappa shape index (κ1) is 91.6. The van der Waals surface area contributed by atoms with Crippen molar-refractivity contribution in [2.24, 2.45) is 0 Å². The maximum absolute atomic E-state index is 14.2. The third kappa shape index (κ3) is 22.1. The number of halogens is 2. The van der Waals surface area contributed by atoms with Crippen molar-refractivity contribution in [3.05, 3.63) is 109 Å². The van der Waals surface area contributed by atoms with E-state index in [1.807, 2.05) is 79.1 Å². The van der Waals surface area contributed by atoms with Crippen LogP contribution in [0.3, 0.4) is 0 Å².